The molecular weight excluding hydrogens is 929 g/mol. The number of hydrogen-bond donors (Lipinski definition) is 5. The lowest BCUT2D eigenvalue weighted by Crippen LogP contribution is -2.32. The number of carbonyl (C=O) groups is 4. The minimum atomic E-state index is -1.07. The molecule has 0 radical (unpaired) electrons. The van der Waals surface area contributed by atoms with Crippen LogP contribution in [0.2, 0.25) is 0 Å². The standard InChI is InChI=1S/C28H39NO5S.C27H37NO6S/c1-3-5-6-10-25(31)20-11-13-22(14-12-20)29-21(15-18-27(29)32)8-7-9-24-16-17-26(35-24)28(33)34-19-23(30)4-2;1-2-3-4-8-24(31)19-9-11-21(12-10-19)28-20(13-16-26(28)32)6-5-7-23-14-15-25(35-23)27(33)34-18-22(30)17-29/h11-14,16-17,21,23,25,30-31H,3-10,15,18-19H2,1-2H3;9-12,14-15,20,22,24,29-31H,2-8,13,16-18H2,1H3/t21-,23+,25-;20-,22-,24-/m00/s1. The molecule has 0 saturated carbocycles. The molecule has 2 amide bonds. The summed E-state index contributed by atoms with van der Waals surface area (Å²) in [7, 11) is 0. The molecule has 2 aromatic heterocycles. The average molecular weight is 1010 g/mol. The predicted octanol–water partition coefficient (Wildman–Crippen LogP) is 10.2. The van der Waals surface area contributed by atoms with E-state index in [1.54, 1.807) is 12.1 Å². The normalized spacial score (nSPS) is 17.5. The molecule has 0 bridgehead atoms. The summed E-state index contributed by atoms with van der Waals surface area (Å²) in [6, 6.07) is 23.2. The van der Waals surface area contributed by atoms with Crippen molar-refractivity contribution in [3.05, 3.63) is 103 Å². The van der Waals surface area contributed by atoms with Crippen LogP contribution in [0.4, 0.5) is 11.4 Å². The van der Waals surface area contributed by atoms with Crippen LogP contribution in [-0.2, 0) is 31.9 Å². The Morgan fingerprint density at radius 2 is 1.00 bits per heavy atom. The lowest BCUT2D eigenvalue weighted by Gasteiger charge is -2.25. The van der Waals surface area contributed by atoms with Gasteiger partial charge in [-0.2, -0.15) is 0 Å². The summed E-state index contributed by atoms with van der Waals surface area (Å²) in [4.78, 5) is 56.5. The number of rotatable bonds is 28. The summed E-state index contributed by atoms with van der Waals surface area (Å²) in [5.41, 5.74) is 3.58. The Kier molecular flexibility index (Phi) is 24.0. The van der Waals surface area contributed by atoms with Crippen LogP contribution in [0.15, 0.2) is 72.8 Å². The zero-order chi connectivity index (χ0) is 50.4. The third-order valence-corrected chi connectivity index (χ3v) is 15.3. The maximum absolute atomic E-state index is 12.6. The van der Waals surface area contributed by atoms with Crippen molar-refractivity contribution in [3.8, 4) is 0 Å². The molecule has 13 nitrogen and oxygen atoms in total. The Hall–Kier alpha value is -4.48. The molecule has 0 spiro atoms. The second-order valence-corrected chi connectivity index (χ2v) is 20.9. The molecule has 2 fully saturated rings. The number of nitrogens with zero attached hydrogens (tertiary/aromatic N) is 2. The molecule has 4 aromatic rings. The van der Waals surface area contributed by atoms with Crippen molar-refractivity contribution < 1.29 is 54.2 Å². The fraction of sp³-hybridized carbons (Fsp3) is 0.564. The number of esters is 2. The molecule has 70 heavy (non-hydrogen) atoms. The van der Waals surface area contributed by atoms with Crippen LogP contribution in [0.3, 0.4) is 0 Å². The van der Waals surface area contributed by atoms with Crippen LogP contribution in [0.25, 0.3) is 0 Å². The van der Waals surface area contributed by atoms with Crippen LogP contribution in [-0.4, -0.2) is 93.4 Å². The number of amides is 2. The topological polar surface area (TPSA) is 194 Å². The highest BCUT2D eigenvalue weighted by Gasteiger charge is 2.33. The van der Waals surface area contributed by atoms with E-state index < -0.39 is 37.0 Å². The van der Waals surface area contributed by atoms with Gasteiger partial charge in [0.25, 0.3) is 0 Å². The lowest BCUT2D eigenvalue weighted by molar-refractivity contribution is -0.118. The van der Waals surface area contributed by atoms with Crippen LogP contribution in [0.1, 0.15) is 182 Å². The van der Waals surface area contributed by atoms with Crippen LogP contribution in [0, 0.1) is 0 Å². The first-order chi connectivity index (χ1) is 33.8. The first-order valence-electron chi connectivity index (χ1n) is 25.5. The molecule has 2 aromatic carbocycles. The Morgan fingerprint density at radius 1 is 0.586 bits per heavy atom. The zero-order valence-corrected chi connectivity index (χ0v) is 43.0. The van der Waals surface area contributed by atoms with E-state index in [9.17, 15) is 39.6 Å². The fourth-order valence-corrected chi connectivity index (χ4v) is 10.8. The number of aliphatic hydroxyl groups excluding tert-OH is 5. The van der Waals surface area contributed by atoms with Gasteiger partial charge in [-0.25, -0.2) is 9.59 Å². The van der Waals surface area contributed by atoms with E-state index in [0.717, 1.165) is 135 Å². The Labute approximate surface area is 422 Å². The number of ether oxygens (including phenoxy) is 2. The van der Waals surface area contributed by atoms with E-state index in [4.69, 9.17) is 14.6 Å². The largest absolute Gasteiger partial charge is 0.459 e. The molecule has 384 valence electrons. The molecule has 2 saturated heterocycles. The van der Waals surface area contributed by atoms with Gasteiger partial charge >= 0.3 is 11.9 Å². The molecule has 6 rings (SSSR count). The van der Waals surface area contributed by atoms with Crippen molar-refractivity contribution in [3.63, 3.8) is 0 Å². The number of aryl methyl sites for hydroxylation is 2. The van der Waals surface area contributed by atoms with Crippen molar-refractivity contribution in [2.24, 2.45) is 0 Å². The van der Waals surface area contributed by atoms with Gasteiger partial charge in [-0.05, 0) is 130 Å². The van der Waals surface area contributed by atoms with Gasteiger partial charge in [0.1, 0.15) is 29.1 Å². The number of hydrogen-bond acceptors (Lipinski definition) is 13. The lowest BCUT2D eigenvalue weighted by atomic mass is 10.0. The monoisotopic (exact) mass is 1000 g/mol. The first kappa shape index (κ1) is 56.4. The minimum Gasteiger partial charge on any atom is -0.459 e. The minimum absolute atomic E-state index is 0.0207. The highest BCUT2D eigenvalue weighted by Crippen LogP contribution is 2.34. The van der Waals surface area contributed by atoms with Gasteiger partial charge in [0.2, 0.25) is 11.8 Å². The highest BCUT2D eigenvalue weighted by molar-refractivity contribution is 7.14. The maximum atomic E-state index is 12.6. The number of unbranched alkanes of at least 4 members (excludes halogenated alkanes) is 4. The summed E-state index contributed by atoms with van der Waals surface area (Å²) in [6.07, 6.45) is 14.0. The Balaban J connectivity index is 0.000000261. The predicted molar refractivity (Wildman–Crippen MR) is 277 cm³/mol. The Bertz CT molecular complexity index is 2040. The molecule has 15 heteroatoms. The fourth-order valence-electron chi connectivity index (χ4n) is 8.89. The zero-order valence-electron chi connectivity index (χ0n) is 41.3. The highest BCUT2D eigenvalue weighted by atomic mass is 32.1. The molecular formula is C55H76N2O11S2. The van der Waals surface area contributed by atoms with Crippen molar-refractivity contribution >= 4 is 57.8 Å². The van der Waals surface area contributed by atoms with Crippen LogP contribution < -0.4 is 9.80 Å². The quantitative estimate of drug-likeness (QED) is 0.0268. The maximum Gasteiger partial charge on any atom is 0.348 e. The van der Waals surface area contributed by atoms with Gasteiger partial charge in [0.05, 0.1) is 24.9 Å². The van der Waals surface area contributed by atoms with Crippen molar-refractivity contribution in [2.75, 3.05) is 29.6 Å². The van der Waals surface area contributed by atoms with Crippen molar-refractivity contribution in [2.45, 2.75) is 179 Å². The summed E-state index contributed by atoms with van der Waals surface area (Å²) >= 11 is 2.80. The third kappa shape index (κ3) is 17.4. The summed E-state index contributed by atoms with van der Waals surface area (Å²) in [5.74, 6) is -0.598. The number of benzene rings is 2. The van der Waals surface area contributed by atoms with E-state index in [2.05, 4.69) is 13.8 Å². The molecule has 0 unspecified atom stereocenters. The van der Waals surface area contributed by atoms with Gasteiger partial charge in [-0.3, -0.25) is 9.59 Å². The smallest absolute Gasteiger partial charge is 0.348 e. The van der Waals surface area contributed by atoms with E-state index in [0.29, 0.717) is 29.0 Å². The molecule has 5 N–H and O–H groups in total. The van der Waals surface area contributed by atoms with Crippen molar-refractivity contribution in [1.82, 2.24) is 0 Å². The van der Waals surface area contributed by atoms with Crippen LogP contribution >= 0.6 is 22.7 Å². The van der Waals surface area contributed by atoms with Gasteiger partial charge < -0.3 is 44.8 Å². The second-order valence-electron chi connectivity index (χ2n) is 18.5. The van der Waals surface area contributed by atoms with Gasteiger partial charge in [0, 0.05) is 46.1 Å². The van der Waals surface area contributed by atoms with Gasteiger partial charge in [-0.1, -0.05) is 83.6 Å². The summed E-state index contributed by atoms with van der Waals surface area (Å²) in [6.45, 7) is 5.48. The number of aliphatic hydroxyl groups is 5. The number of carbonyl (C=O) groups excluding carboxylic acids is 4. The molecule has 0 aliphatic carbocycles. The van der Waals surface area contributed by atoms with E-state index in [-0.39, 0.29) is 43.1 Å². The molecule has 2 aliphatic heterocycles. The first-order valence-corrected chi connectivity index (χ1v) is 27.2. The Morgan fingerprint density at radius 3 is 1.39 bits per heavy atom. The number of thiophene rings is 2. The second kappa shape index (κ2) is 29.8. The SMILES string of the molecule is CCCCC[C@H](O)c1ccc(N2C(=O)CC[C@@H]2CCCc2ccc(C(=O)OC[C@@H](O)CO)s2)cc1.CCCCC[C@H](O)c1ccc(N2C(=O)CC[C@@H]2CCCc2ccc(C(=O)OC[C@H](O)CC)s2)cc1. The van der Waals surface area contributed by atoms with E-state index in [1.807, 2.05) is 77.4 Å². The summed E-state index contributed by atoms with van der Waals surface area (Å²) in [5, 5.41) is 48.5. The molecule has 2 aliphatic rings. The third-order valence-electron chi connectivity index (χ3n) is 13.1. The van der Waals surface area contributed by atoms with Gasteiger partial charge in [-0.15, -0.1) is 22.7 Å². The average Bonchev–Trinajstić information content (AvgIpc) is 4.20. The number of anilines is 2. The van der Waals surface area contributed by atoms with E-state index in [1.165, 1.54) is 22.7 Å². The summed E-state index contributed by atoms with van der Waals surface area (Å²) < 4.78 is 10.2. The van der Waals surface area contributed by atoms with Crippen molar-refractivity contribution in [1.29, 1.82) is 0 Å². The van der Waals surface area contributed by atoms with Gasteiger partial charge in [0.15, 0.2) is 0 Å². The van der Waals surface area contributed by atoms with Crippen LogP contribution in [0.5, 0.6) is 0 Å². The van der Waals surface area contributed by atoms with E-state index >= 15 is 0 Å². The molecule has 4 heterocycles. The molecule has 6 atom stereocenters.